The van der Waals surface area contributed by atoms with Crippen LogP contribution in [0.4, 0.5) is 0 Å². The normalized spacial score (nSPS) is 11.7. The molecular weight excluding hydrogens is 176 g/mol. The van der Waals surface area contributed by atoms with Gasteiger partial charge in [-0.1, -0.05) is 19.9 Å². The van der Waals surface area contributed by atoms with Crippen molar-refractivity contribution in [2.24, 2.45) is 11.1 Å². The Morgan fingerprint density at radius 3 is 2.64 bits per heavy atom. The summed E-state index contributed by atoms with van der Waals surface area (Å²) in [4.78, 5) is 11.5. The van der Waals surface area contributed by atoms with Crippen molar-refractivity contribution in [1.29, 1.82) is 0 Å². The van der Waals surface area contributed by atoms with Gasteiger partial charge in [0.25, 0.3) is 5.56 Å². The standard InChI is InChI=1S/C11H18N2O/c1-9-4-5-10(14)13(6-9)8-11(2,3)7-12/h4-6H,7-8,12H2,1-3H3. The van der Waals surface area contributed by atoms with E-state index < -0.39 is 0 Å². The fourth-order valence-electron chi connectivity index (χ4n) is 1.30. The van der Waals surface area contributed by atoms with Gasteiger partial charge in [-0.15, -0.1) is 0 Å². The largest absolute Gasteiger partial charge is 0.330 e. The van der Waals surface area contributed by atoms with Crippen LogP contribution in [0.25, 0.3) is 0 Å². The Hall–Kier alpha value is -1.09. The van der Waals surface area contributed by atoms with Crippen LogP contribution in [0.3, 0.4) is 0 Å². The Morgan fingerprint density at radius 1 is 1.43 bits per heavy atom. The summed E-state index contributed by atoms with van der Waals surface area (Å²) in [5.41, 5.74) is 6.73. The molecule has 1 rings (SSSR count). The molecule has 1 aromatic heterocycles. The lowest BCUT2D eigenvalue weighted by molar-refractivity contribution is 0.312. The van der Waals surface area contributed by atoms with Crippen LogP contribution in [0.15, 0.2) is 23.1 Å². The zero-order valence-electron chi connectivity index (χ0n) is 9.08. The quantitative estimate of drug-likeness (QED) is 0.784. The van der Waals surface area contributed by atoms with Gasteiger partial charge in [-0.3, -0.25) is 4.79 Å². The van der Waals surface area contributed by atoms with Crippen LogP contribution in [-0.4, -0.2) is 11.1 Å². The zero-order chi connectivity index (χ0) is 10.8. The highest BCUT2D eigenvalue weighted by Crippen LogP contribution is 2.14. The highest BCUT2D eigenvalue weighted by molar-refractivity contribution is 5.07. The van der Waals surface area contributed by atoms with Crippen LogP contribution in [-0.2, 0) is 6.54 Å². The van der Waals surface area contributed by atoms with Crippen LogP contribution in [0, 0.1) is 12.3 Å². The molecule has 0 saturated carbocycles. The smallest absolute Gasteiger partial charge is 0.250 e. The minimum Gasteiger partial charge on any atom is -0.330 e. The summed E-state index contributed by atoms with van der Waals surface area (Å²) in [5, 5.41) is 0. The molecule has 1 aromatic rings. The molecule has 3 heteroatoms. The summed E-state index contributed by atoms with van der Waals surface area (Å²) in [6, 6.07) is 3.43. The Labute approximate surface area is 84.6 Å². The summed E-state index contributed by atoms with van der Waals surface area (Å²) in [6.45, 7) is 7.34. The zero-order valence-corrected chi connectivity index (χ0v) is 9.08. The fourth-order valence-corrected chi connectivity index (χ4v) is 1.30. The van der Waals surface area contributed by atoms with Gasteiger partial charge < -0.3 is 10.3 Å². The van der Waals surface area contributed by atoms with Crippen LogP contribution < -0.4 is 11.3 Å². The molecule has 0 saturated heterocycles. The molecular formula is C11H18N2O. The first-order valence-corrected chi connectivity index (χ1v) is 4.82. The molecule has 0 atom stereocenters. The lowest BCUT2D eigenvalue weighted by Crippen LogP contribution is -2.33. The van der Waals surface area contributed by atoms with E-state index in [0.717, 1.165) is 5.56 Å². The predicted molar refractivity (Wildman–Crippen MR) is 58.3 cm³/mol. The lowest BCUT2D eigenvalue weighted by Gasteiger charge is -2.23. The van der Waals surface area contributed by atoms with Gasteiger partial charge in [-0.05, 0) is 24.4 Å². The van der Waals surface area contributed by atoms with E-state index >= 15 is 0 Å². The van der Waals surface area contributed by atoms with Gasteiger partial charge in [0.15, 0.2) is 0 Å². The molecule has 14 heavy (non-hydrogen) atoms. The topological polar surface area (TPSA) is 48.0 Å². The maximum Gasteiger partial charge on any atom is 0.250 e. The molecule has 0 fully saturated rings. The molecule has 0 amide bonds. The number of hydrogen-bond donors (Lipinski definition) is 1. The first-order chi connectivity index (χ1) is 6.44. The van der Waals surface area contributed by atoms with Crippen molar-refractivity contribution in [3.63, 3.8) is 0 Å². The Morgan fingerprint density at radius 2 is 2.07 bits per heavy atom. The molecule has 0 aliphatic rings. The van der Waals surface area contributed by atoms with Crippen LogP contribution in [0.5, 0.6) is 0 Å². The van der Waals surface area contributed by atoms with Gasteiger partial charge in [0.05, 0.1) is 0 Å². The average molecular weight is 194 g/mol. The SMILES string of the molecule is Cc1ccc(=O)n(CC(C)(C)CN)c1. The predicted octanol–water partition coefficient (Wildman–Crippen LogP) is 1.14. The highest BCUT2D eigenvalue weighted by atomic mass is 16.1. The Balaban J connectivity index is 2.97. The first kappa shape index (κ1) is 11.0. The third-order valence-electron chi connectivity index (χ3n) is 2.28. The van der Waals surface area contributed by atoms with Crippen LogP contribution >= 0.6 is 0 Å². The highest BCUT2D eigenvalue weighted by Gasteiger charge is 2.16. The second kappa shape index (κ2) is 3.96. The van der Waals surface area contributed by atoms with E-state index in [1.165, 1.54) is 0 Å². The molecule has 2 N–H and O–H groups in total. The van der Waals surface area contributed by atoms with Crippen LogP contribution in [0.1, 0.15) is 19.4 Å². The molecule has 0 aliphatic carbocycles. The summed E-state index contributed by atoms with van der Waals surface area (Å²) in [7, 11) is 0. The summed E-state index contributed by atoms with van der Waals surface area (Å²) in [5.74, 6) is 0. The van der Waals surface area contributed by atoms with E-state index in [1.807, 2.05) is 19.2 Å². The third-order valence-corrected chi connectivity index (χ3v) is 2.28. The van der Waals surface area contributed by atoms with E-state index in [1.54, 1.807) is 10.6 Å². The average Bonchev–Trinajstić information content (AvgIpc) is 2.11. The molecule has 0 bridgehead atoms. The van der Waals surface area contributed by atoms with Crippen molar-refractivity contribution in [2.45, 2.75) is 27.3 Å². The van der Waals surface area contributed by atoms with E-state index in [2.05, 4.69) is 13.8 Å². The number of nitrogens with zero attached hydrogens (tertiary/aromatic N) is 1. The van der Waals surface area contributed by atoms with Crippen molar-refractivity contribution in [1.82, 2.24) is 4.57 Å². The number of aromatic nitrogens is 1. The second-order valence-electron chi connectivity index (χ2n) is 4.54. The molecule has 3 nitrogen and oxygen atoms in total. The molecule has 78 valence electrons. The van der Waals surface area contributed by atoms with Crippen molar-refractivity contribution in [2.75, 3.05) is 6.54 Å². The summed E-state index contributed by atoms with van der Waals surface area (Å²) in [6.07, 6.45) is 1.87. The fraction of sp³-hybridized carbons (Fsp3) is 0.545. The number of hydrogen-bond acceptors (Lipinski definition) is 2. The van der Waals surface area contributed by atoms with E-state index in [4.69, 9.17) is 5.73 Å². The maximum absolute atomic E-state index is 11.5. The van der Waals surface area contributed by atoms with Gasteiger partial charge in [0.2, 0.25) is 0 Å². The number of pyridine rings is 1. The molecule has 0 aromatic carbocycles. The molecule has 1 heterocycles. The van der Waals surface area contributed by atoms with E-state index in [9.17, 15) is 4.79 Å². The molecule has 0 spiro atoms. The monoisotopic (exact) mass is 194 g/mol. The third kappa shape index (κ3) is 2.70. The maximum atomic E-state index is 11.5. The minimum absolute atomic E-state index is 0.0301. The van der Waals surface area contributed by atoms with E-state index in [-0.39, 0.29) is 11.0 Å². The Bertz CT molecular complexity index is 366. The van der Waals surface area contributed by atoms with E-state index in [0.29, 0.717) is 13.1 Å². The Kier molecular flexibility index (Phi) is 3.11. The van der Waals surface area contributed by atoms with Gasteiger partial charge in [-0.2, -0.15) is 0 Å². The van der Waals surface area contributed by atoms with Crippen LogP contribution in [0.2, 0.25) is 0 Å². The van der Waals surface area contributed by atoms with Gasteiger partial charge in [-0.25, -0.2) is 0 Å². The minimum atomic E-state index is -0.0301. The molecule has 0 aliphatic heterocycles. The van der Waals surface area contributed by atoms with Crippen molar-refractivity contribution >= 4 is 0 Å². The van der Waals surface area contributed by atoms with Gasteiger partial charge in [0.1, 0.15) is 0 Å². The second-order valence-corrected chi connectivity index (χ2v) is 4.54. The summed E-state index contributed by atoms with van der Waals surface area (Å²) < 4.78 is 1.72. The number of aryl methyl sites for hydroxylation is 1. The molecule has 0 unspecified atom stereocenters. The van der Waals surface area contributed by atoms with Gasteiger partial charge in [0, 0.05) is 18.8 Å². The summed E-state index contributed by atoms with van der Waals surface area (Å²) >= 11 is 0. The molecule has 0 radical (unpaired) electrons. The first-order valence-electron chi connectivity index (χ1n) is 4.82. The van der Waals surface area contributed by atoms with Crippen molar-refractivity contribution in [3.05, 3.63) is 34.2 Å². The number of rotatable bonds is 3. The van der Waals surface area contributed by atoms with Crippen molar-refractivity contribution < 1.29 is 0 Å². The number of nitrogens with two attached hydrogens (primary N) is 1. The lowest BCUT2D eigenvalue weighted by atomic mass is 9.94. The van der Waals surface area contributed by atoms with Gasteiger partial charge >= 0.3 is 0 Å². The van der Waals surface area contributed by atoms with Crippen molar-refractivity contribution in [3.8, 4) is 0 Å².